The van der Waals surface area contributed by atoms with Crippen LogP contribution in [0.1, 0.15) is 60.3 Å². The lowest BCUT2D eigenvalue weighted by atomic mass is 9.61. The van der Waals surface area contributed by atoms with Gasteiger partial charge in [-0.2, -0.15) is 0 Å². The van der Waals surface area contributed by atoms with E-state index in [-0.39, 0.29) is 12.2 Å². The largest absolute Gasteiger partial charge is 0.444 e. The van der Waals surface area contributed by atoms with Crippen LogP contribution in [0.4, 0.5) is 4.79 Å². The number of rotatable bonds is 0. The van der Waals surface area contributed by atoms with Gasteiger partial charge >= 0.3 is 6.09 Å². The molecule has 0 aromatic heterocycles. The van der Waals surface area contributed by atoms with Crippen molar-refractivity contribution in [2.24, 2.45) is 5.41 Å². The summed E-state index contributed by atoms with van der Waals surface area (Å²) in [4.78, 5) is 13.6. The van der Waals surface area contributed by atoms with Gasteiger partial charge in [0, 0.05) is 13.1 Å². The number of hydrogen-bond donors (Lipinski definition) is 1. The molecule has 19 heavy (non-hydrogen) atoms. The number of amides is 1. The highest BCUT2D eigenvalue weighted by atomic mass is 16.6. The molecule has 4 nitrogen and oxygen atoms in total. The molecule has 2 rings (SSSR count). The van der Waals surface area contributed by atoms with Gasteiger partial charge in [0.05, 0.1) is 6.10 Å². The highest BCUT2D eigenvalue weighted by Crippen LogP contribution is 2.49. The van der Waals surface area contributed by atoms with E-state index in [9.17, 15) is 9.90 Å². The van der Waals surface area contributed by atoms with Crippen molar-refractivity contribution in [2.45, 2.75) is 72.0 Å². The van der Waals surface area contributed by atoms with E-state index < -0.39 is 5.60 Å². The van der Waals surface area contributed by atoms with Gasteiger partial charge in [0.1, 0.15) is 5.60 Å². The van der Waals surface area contributed by atoms with E-state index in [4.69, 9.17) is 4.74 Å². The minimum absolute atomic E-state index is 0.108. The molecule has 1 aliphatic carbocycles. The van der Waals surface area contributed by atoms with Crippen LogP contribution in [-0.2, 0) is 4.74 Å². The van der Waals surface area contributed by atoms with Crippen LogP contribution in [0, 0.1) is 5.41 Å². The highest BCUT2D eigenvalue weighted by molar-refractivity contribution is 5.68. The fourth-order valence-electron chi connectivity index (χ4n) is 2.84. The summed E-state index contributed by atoms with van der Waals surface area (Å²) in [6.45, 7) is 11.2. The third-order valence-electron chi connectivity index (χ3n) is 3.81. The lowest BCUT2D eigenvalue weighted by Gasteiger charge is -2.50. The van der Waals surface area contributed by atoms with E-state index in [0.29, 0.717) is 5.41 Å². The average molecular weight is 271 g/mol. The maximum absolute atomic E-state index is 11.8. The van der Waals surface area contributed by atoms with Gasteiger partial charge in [-0.1, -0.05) is 13.8 Å². The number of carbonyl (C=O) groups is 1. The molecular weight excluding hydrogens is 242 g/mol. The number of carbonyl (C=O) groups excluding carboxylic acids is 1. The molecule has 0 aromatic rings. The maximum Gasteiger partial charge on any atom is 0.410 e. The molecule has 0 radical (unpaired) electrons. The van der Waals surface area contributed by atoms with E-state index >= 15 is 0 Å². The van der Waals surface area contributed by atoms with Crippen LogP contribution in [-0.4, -0.2) is 40.9 Å². The number of aliphatic hydroxyl groups is 1. The minimum Gasteiger partial charge on any atom is -0.444 e. The maximum atomic E-state index is 11.8. The zero-order valence-electron chi connectivity index (χ0n) is 13.0. The van der Waals surface area contributed by atoms with Crippen LogP contribution < -0.4 is 0 Å². The fraction of sp³-hybridized carbons (Fsp3) is 0.933. The van der Waals surface area contributed by atoms with Crippen LogP contribution in [0.15, 0.2) is 0 Å². The predicted octanol–water partition coefficient (Wildman–Crippen LogP) is 3.18. The molecule has 2 aliphatic rings. The van der Waals surface area contributed by atoms with Crippen molar-refractivity contribution in [1.29, 1.82) is 0 Å². The predicted molar refractivity (Wildman–Crippen MR) is 76.1 cm³/mol. The Labute approximate surface area is 117 Å². The second-order valence-corrected chi connectivity index (χ2v) is 6.53. The Kier molecular flexibility index (Phi) is 5.25. The number of likely N-dealkylation sites (tertiary alicyclic amines) is 1. The molecule has 1 amide bonds. The second-order valence-electron chi connectivity index (χ2n) is 6.53. The Morgan fingerprint density at radius 1 is 1.21 bits per heavy atom. The monoisotopic (exact) mass is 271 g/mol. The van der Waals surface area contributed by atoms with Crippen LogP contribution in [0.25, 0.3) is 0 Å². The first-order chi connectivity index (χ1) is 8.80. The molecule has 0 atom stereocenters. The summed E-state index contributed by atoms with van der Waals surface area (Å²) in [6, 6.07) is 0. The fourth-order valence-corrected chi connectivity index (χ4v) is 2.84. The van der Waals surface area contributed by atoms with Crippen molar-refractivity contribution in [3.63, 3.8) is 0 Å². The van der Waals surface area contributed by atoms with Gasteiger partial charge in [-0.25, -0.2) is 4.79 Å². The molecule has 4 heteroatoms. The standard InChI is InChI=1S/C13H23NO3.C2H6/c1-12(2,3)17-11(16)14-6-4-13(5-7-14)8-10(15)9-13;1-2/h10,15H,4-9H2,1-3H3;1-2H3. The van der Waals surface area contributed by atoms with Gasteiger partial charge in [0.15, 0.2) is 0 Å². The average Bonchev–Trinajstić information content (AvgIpc) is 2.28. The molecule has 2 fully saturated rings. The Hall–Kier alpha value is -0.770. The van der Waals surface area contributed by atoms with E-state index in [1.165, 1.54) is 0 Å². The Morgan fingerprint density at radius 2 is 1.68 bits per heavy atom. The summed E-state index contributed by atoms with van der Waals surface area (Å²) in [5, 5.41) is 9.39. The summed E-state index contributed by atoms with van der Waals surface area (Å²) >= 11 is 0. The van der Waals surface area contributed by atoms with Crippen molar-refractivity contribution in [3.8, 4) is 0 Å². The van der Waals surface area contributed by atoms with Crippen molar-refractivity contribution < 1.29 is 14.6 Å². The topological polar surface area (TPSA) is 49.8 Å². The smallest absolute Gasteiger partial charge is 0.410 e. The normalized spacial score (nSPS) is 22.3. The second kappa shape index (κ2) is 6.12. The molecule has 0 aromatic carbocycles. The number of hydrogen-bond acceptors (Lipinski definition) is 3. The van der Waals surface area contributed by atoms with Crippen molar-refractivity contribution in [2.75, 3.05) is 13.1 Å². The molecule has 112 valence electrons. The van der Waals surface area contributed by atoms with E-state index in [1.807, 2.05) is 34.6 Å². The molecule has 0 bridgehead atoms. The summed E-state index contributed by atoms with van der Waals surface area (Å²) in [5.41, 5.74) is -0.100. The van der Waals surface area contributed by atoms with E-state index in [0.717, 1.165) is 38.8 Å². The summed E-state index contributed by atoms with van der Waals surface area (Å²) in [7, 11) is 0. The minimum atomic E-state index is -0.418. The third-order valence-corrected chi connectivity index (χ3v) is 3.81. The lowest BCUT2D eigenvalue weighted by molar-refractivity contribution is -0.0694. The molecule has 1 saturated carbocycles. The van der Waals surface area contributed by atoms with Gasteiger partial charge in [0.2, 0.25) is 0 Å². The summed E-state index contributed by atoms with van der Waals surface area (Å²) in [6.07, 6.45) is 3.52. The molecule has 1 spiro atoms. The molecule has 1 saturated heterocycles. The Morgan fingerprint density at radius 3 is 2.05 bits per heavy atom. The zero-order valence-corrected chi connectivity index (χ0v) is 13.0. The number of nitrogens with zero attached hydrogens (tertiary/aromatic N) is 1. The van der Waals surface area contributed by atoms with E-state index in [1.54, 1.807) is 4.90 Å². The van der Waals surface area contributed by atoms with Gasteiger partial charge in [-0.3, -0.25) is 0 Å². The first kappa shape index (κ1) is 16.3. The van der Waals surface area contributed by atoms with Crippen molar-refractivity contribution in [1.82, 2.24) is 4.90 Å². The van der Waals surface area contributed by atoms with Gasteiger partial charge in [0.25, 0.3) is 0 Å². The van der Waals surface area contributed by atoms with Gasteiger partial charge < -0.3 is 14.7 Å². The van der Waals surface area contributed by atoms with Crippen LogP contribution in [0.5, 0.6) is 0 Å². The van der Waals surface area contributed by atoms with Crippen LogP contribution >= 0.6 is 0 Å². The Balaban J connectivity index is 0.000000861. The van der Waals surface area contributed by atoms with Crippen LogP contribution in [0.2, 0.25) is 0 Å². The first-order valence-corrected chi connectivity index (χ1v) is 7.46. The molecular formula is C15H29NO3. The molecule has 1 aliphatic heterocycles. The van der Waals surface area contributed by atoms with Crippen molar-refractivity contribution in [3.05, 3.63) is 0 Å². The number of aliphatic hydroxyl groups excluding tert-OH is 1. The van der Waals surface area contributed by atoms with Crippen molar-refractivity contribution >= 4 is 6.09 Å². The highest BCUT2D eigenvalue weighted by Gasteiger charge is 2.46. The summed E-state index contributed by atoms with van der Waals surface area (Å²) < 4.78 is 5.36. The van der Waals surface area contributed by atoms with Gasteiger partial charge in [-0.15, -0.1) is 0 Å². The van der Waals surface area contributed by atoms with Crippen LogP contribution in [0.3, 0.4) is 0 Å². The molecule has 0 unspecified atom stereocenters. The Bertz CT molecular complexity index is 293. The van der Waals surface area contributed by atoms with E-state index in [2.05, 4.69) is 0 Å². The quantitative estimate of drug-likeness (QED) is 0.736. The first-order valence-electron chi connectivity index (χ1n) is 7.46. The van der Waals surface area contributed by atoms with Gasteiger partial charge in [-0.05, 0) is 51.9 Å². The number of piperidine rings is 1. The summed E-state index contributed by atoms with van der Waals surface area (Å²) in [5.74, 6) is 0. The molecule has 1 heterocycles. The SMILES string of the molecule is CC.CC(C)(C)OC(=O)N1CCC2(CC1)CC(O)C2. The molecule has 1 N–H and O–H groups in total. The lowest BCUT2D eigenvalue weighted by Crippen LogP contribution is -2.51. The zero-order chi connectivity index (χ0) is 14.7. The number of ether oxygens (including phenoxy) is 1. The third kappa shape index (κ3) is 4.37.